The first-order chi connectivity index (χ1) is 9.56. The van der Waals surface area contributed by atoms with Crippen LogP contribution >= 0.6 is 11.6 Å². The molecular formula is C14H13ClN2O3. The molecule has 0 bridgehead atoms. The lowest BCUT2D eigenvalue weighted by atomic mass is 10.2. The second kappa shape index (κ2) is 6.25. The van der Waals surface area contributed by atoms with Gasteiger partial charge in [-0.3, -0.25) is 4.79 Å². The molecular weight excluding hydrogens is 280 g/mol. The zero-order valence-electron chi connectivity index (χ0n) is 10.8. The number of aromatic amines is 1. The fourth-order valence-corrected chi connectivity index (χ4v) is 1.75. The molecule has 1 aromatic heterocycles. The van der Waals surface area contributed by atoms with Gasteiger partial charge >= 0.3 is 5.97 Å². The molecule has 2 N–H and O–H groups in total. The van der Waals surface area contributed by atoms with E-state index >= 15 is 0 Å². The summed E-state index contributed by atoms with van der Waals surface area (Å²) in [5.74, 6) is -0.997. The zero-order chi connectivity index (χ0) is 14.5. The molecule has 104 valence electrons. The lowest BCUT2D eigenvalue weighted by Crippen LogP contribution is -2.21. The number of carbonyl (C=O) groups is 2. The van der Waals surface area contributed by atoms with E-state index in [2.05, 4.69) is 10.3 Å². The van der Waals surface area contributed by atoms with Crippen LogP contribution in [0.25, 0.3) is 0 Å². The number of aromatic nitrogens is 1. The van der Waals surface area contributed by atoms with Crippen LogP contribution in [0.1, 0.15) is 16.1 Å². The molecule has 0 saturated heterocycles. The molecule has 0 aliphatic rings. The third kappa shape index (κ3) is 3.61. The molecule has 0 fully saturated rings. The number of nitrogens with one attached hydrogen (secondary N) is 2. The summed E-state index contributed by atoms with van der Waals surface area (Å²) in [6.07, 6.45) is 1.60. The van der Waals surface area contributed by atoms with E-state index in [1.54, 1.807) is 36.5 Å². The summed E-state index contributed by atoms with van der Waals surface area (Å²) in [5.41, 5.74) is 1.77. The van der Waals surface area contributed by atoms with E-state index in [1.807, 2.05) is 6.92 Å². The Morgan fingerprint density at radius 3 is 2.85 bits per heavy atom. The molecule has 1 amide bonds. The van der Waals surface area contributed by atoms with Crippen LogP contribution in [-0.4, -0.2) is 23.5 Å². The lowest BCUT2D eigenvalue weighted by molar-refractivity contribution is -0.119. The number of aryl methyl sites for hydroxylation is 1. The molecule has 5 nitrogen and oxygen atoms in total. The van der Waals surface area contributed by atoms with E-state index in [-0.39, 0.29) is 6.61 Å². The van der Waals surface area contributed by atoms with E-state index in [1.165, 1.54) is 0 Å². The van der Waals surface area contributed by atoms with Crippen LogP contribution in [0.2, 0.25) is 5.02 Å². The summed E-state index contributed by atoms with van der Waals surface area (Å²) in [7, 11) is 0. The number of hydrogen-bond acceptors (Lipinski definition) is 3. The van der Waals surface area contributed by atoms with Crippen LogP contribution in [0.4, 0.5) is 5.69 Å². The average molecular weight is 293 g/mol. The Kier molecular flexibility index (Phi) is 4.42. The van der Waals surface area contributed by atoms with Crippen LogP contribution in [0.5, 0.6) is 0 Å². The van der Waals surface area contributed by atoms with E-state index in [0.717, 1.165) is 5.56 Å². The monoisotopic (exact) mass is 292 g/mol. The molecule has 0 saturated carbocycles. The number of esters is 1. The molecule has 6 heteroatoms. The second-order valence-electron chi connectivity index (χ2n) is 4.17. The van der Waals surface area contributed by atoms with Crippen LogP contribution < -0.4 is 5.32 Å². The maximum absolute atomic E-state index is 11.7. The summed E-state index contributed by atoms with van der Waals surface area (Å²) < 4.78 is 4.88. The number of halogens is 1. The fraction of sp³-hybridized carbons (Fsp3) is 0.143. The Hall–Kier alpha value is -2.27. The predicted molar refractivity (Wildman–Crippen MR) is 75.9 cm³/mol. The summed E-state index contributed by atoms with van der Waals surface area (Å²) in [4.78, 5) is 25.9. The molecule has 2 rings (SSSR count). The van der Waals surface area contributed by atoms with Gasteiger partial charge in [-0.2, -0.15) is 0 Å². The third-order valence-corrected chi connectivity index (χ3v) is 2.86. The molecule has 0 radical (unpaired) electrons. The molecule has 0 aliphatic heterocycles. The first-order valence-corrected chi connectivity index (χ1v) is 6.30. The van der Waals surface area contributed by atoms with Gasteiger partial charge < -0.3 is 15.0 Å². The largest absolute Gasteiger partial charge is 0.451 e. The first-order valence-electron chi connectivity index (χ1n) is 5.93. The minimum Gasteiger partial charge on any atom is -0.451 e. The third-order valence-electron chi connectivity index (χ3n) is 2.63. The van der Waals surface area contributed by atoms with Crippen molar-refractivity contribution in [3.63, 3.8) is 0 Å². The Labute approximate surface area is 120 Å². The Morgan fingerprint density at radius 2 is 2.15 bits per heavy atom. The highest BCUT2D eigenvalue weighted by Gasteiger charge is 2.11. The Bertz CT molecular complexity index is 623. The highest BCUT2D eigenvalue weighted by molar-refractivity contribution is 6.31. The SMILES string of the molecule is Cc1ccc(Cl)cc1NC(=O)COC(=O)c1ccc[nH]1. The van der Waals surface area contributed by atoms with Crippen LogP contribution in [-0.2, 0) is 9.53 Å². The van der Waals surface area contributed by atoms with E-state index < -0.39 is 11.9 Å². The van der Waals surface area contributed by atoms with E-state index in [0.29, 0.717) is 16.4 Å². The van der Waals surface area contributed by atoms with Crippen molar-refractivity contribution in [3.05, 3.63) is 52.8 Å². The van der Waals surface area contributed by atoms with Crippen molar-refractivity contribution in [1.29, 1.82) is 0 Å². The van der Waals surface area contributed by atoms with E-state index in [9.17, 15) is 9.59 Å². The molecule has 0 atom stereocenters. The number of anilines is 1. The highest BCUT2D eigenvalue weighted by Crippen LogP contribution is 2.19. The predicted octanol–water partition coefficient (Wildman–Crippen LogP) is 2.77. The van der Waals surface area contributed by atoms with Gasteiger partial charge in [0.25, 0.3) is 5.91 Å². The van der Waals surface area contributed by atoms with Gasteiger partial charge in [0.2, 0.25) is 0 Å². The molecule has 1 heterocycles. The van der Waals surface area contributed by atoms with Crippen molar-refractivity contribution in [2.45, 2.75) is 6.92 Å². The molecule has 1 aromatic carbocycles. The lowest BCUT2D eigenvalue weighted by Gasteiger charge is -2.09. The number of rotatable bonds is 4. The van der Waals surface area contributed by atoms with Gasteiger partial charge in [0.1, 0.15) is 5.69 Å². The average Bonchev–Trinajstić information content (AvgIpc) is 2.94. The number of benzene rings is 1. The number of ether oxygens (including phenoxy) is 1. The summed E-state index contributed by atoms with van der Waals surface area (Å²) in [6.45, 7) is 1.49. The highest BCUT2D eigenvalue weighted by atomic mass is 35.5. The minimum absolute atomic E-state index is 0.303. The van der Waals surface area contributed by atoms with Gasteiger partial charge in [0, 0.05) is 16.9 Å². The maximum Gasteiger partial charge on any atom is 0.355 e. The smallest absolute Gasteiger partial charge is 0.355 e. The van der Waals surface area contributed by atoms with Crippen molar-refractivity contribution in [3.8, 4) is 0 Å². The minimum atomic E-state index is -0.576. The first kappa shape index (κ1) is 14.1. The van der Waals surface area contributed by atoms with Crippen molar-refractivity contribution in [2.75, 3.05) is 11.9 Å². The van der Waals surface area contributed by atoms with Crippen molar-refractivity contribution < 1.29 is 14.3 Å². The zero-order valence-corrected chi connectivity index (χ0v) is 11.5. The quantitative estimate of drug-likeness (QED) is 0.851. The summed E-state index contributed by atoms with van der Waals surface area (Å²) >= 11 is 5.85. The van der Waals surface area contributed by atoms with Crippen LogP contribution in [0, 0.1) is 6.92 Å². The summed E-state index contributed by atoms with van der Waals surface area (Å²) in [6, 6.07) is 8.41. The van der Waals surface area contributed by atoms with Gasteiger partial charge in [-0.05, 0) is 36.8 Å². The number of amides is 1. The van der Waals surface area contributed by atoms with Crippen LogP contribution in [0.3, 0.4) is 0 Å². The summed E-state index contributed by atoms with van der Waals surface area (Å²) in [5, 5.41) is 3.16. The van der Waals surface area contributed by atoms with Gasteiger partial charge in [-0.25, -0.2) is 4.79 Å². The van der Waals surface area contributed by atoms with Crippen molar-refractivity contribution in [1.82, 2.24) is 4.98 Å². The number of H-pyrrole nitrogens is 1. The van der Waals surface area contributed by atoms with Crippen LogP contribution in [0.15, 0.2) is 36.5 Å². The Morgan fingerprint density at radius 1 is 1.35 bits per heavy atom. The van der Waals surface area contributed by atoms with Gasteiger partial charge in [-0.1, -0.05) is 17.7 Å². The fourth-order valence-electron chi connectivity index (χ4n) is 1.58. The van der Waals surface area contributed by atoms with E-state index in [4.69, 9.17) is 16.3 Å². The standard InChI is InChI=1S/C14H13ClN2O3/c1-9-4-5-10(15)7-12(9)17-13(18)8-20-14(19)11-3-2-6-16-11/h2-7,16H,8H2,1H3,(H,17,18). The molecule has 20 heavy (non-hydrogen) atoms. The van der Waals surface area contributed by atoms with Crippen molar-refractivity contribution in [2.24, 2.45) is 0 Å². The normalized spacial score (nSPS) is 10.1. The molecule has 0 spiro atoms. The topological polar surface area (TPSA) is 71.2 Å². The number of hydrogen-bond donors (Lipinski definition) is 2. The van der Waals surface area contributed by atoms with Crippen molar-refractivity contribution >= 4 is 29.2 Å². The molecule has 0 unspecified atom stereocenters. The van der Waals surface area contributed by atoms with Gasteiger partial charge in [0.15, 0.2) is 6.61 Å². The maximum atomic E-state index is 11.7. The Balaban J connectivity index is 1.90. The van der Waals surface area contributed by atoms with Gasteiger partial charge in [0.05, 0.1) is 0 Å². The number of carbonyl (C=O) groups excluding carboxylic acids is 2. The second-order valence-corrected chi connectivity index (χ2v) is 4.60. The molecule has 0 aliphatic carbocycles. The van der Waals surface area contributed by atoms with Gasteiger partial charge in [-0.15, -0.1) is 0 Å². The molecule has 2 aromatic rings.